The number of carbonyl (C=O) groups excluding carboxylic acids is 1. The van der Waals surface area contributed by atoms with Crippen molar-refractivity contribution in [1.29, 1.82) is 0 Å². The Morgan fingerprint density at radius 1 is 1.24 bits per heavy atom. The molecule has 2 aromatic rings. The fourth-order valence-electron chi connectivity index (χ4n) is 2.25. The zero-order valence-electron chi connectivity index (χ0n) is 12.6. The molecule has 0 unspecified atom stereocenters. The van der Waals surface area contributed by atoms with E-state index < -0.39 is 0 Å². The summed E-state index contributed by atoms with van der Waals surface area (Å²) in [6.07, 6.45) is 0.747. The van der Waals surface area contributed by atoms with Crippen LogP contribution in [0.25, 0.3) is 0 Å². The summed E-state index contributed by atoms with van der Waals surface area (Å²) in [7, 11) is 0. The average Bonchev–Trinajstić information content (AvgIpc) is 2.47. The summed E-state index contributed by atoms with van der Waals surface area (Å²) in [4.78, 5) is 18.7. The SMILES string of the molecule is CCc1cc(C(=O)N(CC)c2cccc(C)c2)cc(Cl)n1. The molecule has 0 aliphatic heterocycles. The van der Waals surface area contributed by atoms with E-state index in [1.54, 1.807) is 11.0 Å². The van der Waals surface area contributed by atoms with Gasteiger partial charge in [-0.05, 0) is 50.1 Å². The number of nitrogens with zero attached hydrogens (tertiary/aromatic N) is 2. The number of amides is 1. The van der Waals surface area contributed by atoms with Gasteiger partial charge in [0.2, 0.25) is 0 Å². The molecule has 21 heavy (non-hydrogen) atoms. The van der Waals surface area contributed by atoms with Crippen molar-refractivity contribution in [2.24, 2.45) is 0 Å². The normalized spacial score (nSPS) is 10.5. The quantitative estimate of drug-likeness (QED) is 0.790. The Balaban J connectivity index is 2.39. The second kappa shape index (κ2) is 6.72. The highest BCUT2D eigenvalue weighted by Gasteiger charge is 2.17. The molecule has 0 saturated carbocycles. The fourth-order valence-corrected chi connectivity index (χ4v) is 2.48. The van der Waals surface area contributed by atoms with E-state index in [0.29, 0.717) is 17.3 Å². The number of anilines is 1. The predicted molar refractivity (Wildman–Crippen MR) is 87.2 cm³/mol. The maximum absolute atomic E-state index is 12.7. The van der Waals surface area contributed by atoms with Gasteiger partial charge in [0.05, 0.1) is 0 Å². The Morgan fingerprint density at radius 3 is 2.62 bits per heavy atom. The molecule has 3 nitrogen and oxygen atoms in total. The fraction of sp³-hybridized carbons (Fsp3) is 0.294. The van der Waals surface area contributed by atoms with Crippen LogP contribution in [0.2, 0.25) is 5.15 Å². The summed E-state index contributed by atoms with van der Waals surface area (Å²) < 4.78 is 0. The van der Waals surface area contributed by atoms with Crippen LogP contribution in [0.15, 0.2) is 36.4 Å². The van der Waals surface area contributed by atoms with Gasteiger partial charge in [0.15, 0.2) is 0 Å². The molecule has 2 rings (SSSR count). The molecule has 1 heterocycles. The first-order valence-electron chi connectivity index (χ1n) is 7.10. The predicted octanol–water partition coefficient (Wildman–Crippen LogP) is 4.27. The highest BCUT2D eigenvalue weighted by Crippen LogP contribution is 2.20. The summed E-state index contributed by atoms with van der Waals surface area (Å²) in [5, 5.41) is 0.359. The molecule has 110 valence electrons. The minimum Gasteiger partial charge on any atom is -0.309 e. The molecular formula is C17H19ClN2O. The van der Waals surface area contributed by atoms with E-state index in [0.717, 1.165) is 23.4 Å². The molecule has 1 aromatic heterocycles. The van der Waals surface area contributed by atoms with Crippen molar-refractivity contribution in [3.63, 3.8) is 0 Å². The summed E-state index contributed by atoms with van der Waals surface area (Å²) in [5.74, 6) is -0.0536. The van der Waals surface area contributed by atoms with Crippen molar-refractivity contribution in [3.8, 4) is 0 Å². The van der Waals surface area contributed by atoms with Crippen LogP contribution in [0.5, 0.6) is 0 Å². The molecule has 0 fully saturated rings. The van der Waals surface area contributed by atoms with E-state index >= 15 is 0 Å². The Morgan fingerprint density at radius 2 is 2.00 bits per heavy atom. The standard InChI is InChI=1S/C17H19ClN2O/c1-4-14-10-13(11-16(18)19-14)17(21)20(5-2)15-8-6-7-12(3)9-15/h6-11H,4-5H2,1-3H3. The van der Waals surface area contributed by atoms with E-state index in [1.165, 1.54) is 0 Å². The first kappa shape index (κ1) is 15.5. The highest BCUT2D eigenvalue weighted by atomic mass is 35.5. The van der Waals surface area contributed by atoms with Crippen LogP contribution < -0.4 is 4.90 Å². The Kier molecular flexibility index (Phi) is 4.97. The van der Waals surface area contributed by atoms with Crippen LogP contribution in [0.3, 0.4) is 0 Å². The third-order valence-corrected chi connectivity index (χ3v) is 3.52. The van der Waals surface area contributed by atoms with Gasteiger partial charge in [-0.1, -0.05) is 30.7 Å². The van der Waals surface area contributed by atoms with Crippen molar-refractivity contribution < 1.29 is 4.79 Å². The van der Waals surface area contributed by atoms with Crippen molar-refractivity contribution in [2.75, 3.05) is 11.4 Å². The first-order chi connectivity index (χ1) is 10.0. The Hall–Kier alpha value is -1.87. The van der Waals surface area contributed by atoms with E-state index in [2.05, 4.69) is 4.98 Å². The number of aryl methyl sites for hydroxylation is 2. The van der Waals surface area contributed by atoms with Gasteiger partial charge in [0, 0.05) is 23.5 Å². The lowest BCUT2D eigenvalue weighted by molar-refractivity contribution is 0.0988. The van der Waals surface area contributed by atoms with Crippen LogP contribution in [-0.2, 0) is 6.42 Å². The number of benzene rings is 1. The highest BCUT2D eigenvalue weighted by molar-refractivity contribution is 6.29. The summed E-state index contributed by atoms with van der Waals surface area (Å²) in [5.41, 5.74) is 3.43. The van der Waals surface area contributed by atoms with Crippen LogP contribution in [0.1, 0.15) is 35.5 Å². The lowest BCUT2D eigenvalue weighted by Gasteiger charge is -2.22. The van der Waals surface area contributed by atoms with Crippen LogP contribution in [0.4, 0.5) is 5.69 Å². The van der Waals surface area contributed by atoms with Crippen LogP contribution in [0, 0.1) is 6.92 Å². The van der Waals surface area contributed by atoms with Gasteiger partial charge < -0.3 is 4.90 Å². The second-order valence-corrected chi connectivity index (χ2v) is 5.30. The molecule has 0 N–H and O–H groups in total. The minimum atomic E-state index is -0.0536. The molecule has 0 spiro atoms. The van der Waals surface area contributed by atoms with E-state index in [-0.39, 0.29) is 5.91 Å². The van der Waals surface area contributed by atoms with Gasteiger partial charge in [-0.2, -0.15) is 0 Å². The molecule has 4 heteroatoms. The molecule has 0 radical (unpaired) electrons. The van der Waals surface area contributed by atoms with E-state index in [9.17, 15) is 4.79 Å². The van der Waals surface area contributed by atoms with Gasteiger partial charge in [-0.25, -0.2) is 4.98 Å². The van der Waals surface area contributed by atoms with Crippen molar-refractivity contribution >= 4 is 23.2 Å². The maximum Gasteiger partial charge on any atom is 0.258 e. The summed E-state index contributed by atoms with van der Waals surface area (Å²) >= 11 is 6.01. The third-order valence-electron chi connectivity index (χ3n) is 3.33. The van der Waals surface area contributed by atoms with E-state index in [4.69, 9.17) is 11.6 Å². The largest absolute Gasteiger partial charge is 0.309 e. The minimum absolute atomic E-state index is 0.0536. The lowest BCUT2D eigenvalue weighted by Crippen LogP contribution is -2.30. The van der Waals surface area contributed by atoms with Gasteiger partial charge >= 0.3 is 0 Å². The number of pyridine rings is 1. The molecular weight excluding hydrogens is 284 g/mol. The Bertz CT molecular complexity index is 655. The van der Waals surface area contributed by atoms with Gasteiger partial charge in [0.1, 0.15) is 5.15 Å². The molecule has 0 atom stereocenters. The lowest BCUT2D eigenvalue weighted by atomic mass is 10.1. The molecule has 1 aromatic carbocycles. The van der Waals surface area contributed by atoms with Crippen LogP contribution >= 0.6 is 11.6 Å². The third kappa shape index (κ3) is 3.61. The summed E-state index contributed by atoms with van der Waals surface area (Å²) in [6, 6.07) is 11.4. The molecule has 0 aliphatic rings. The van der Waals surface area contributed by atoms with Gasteiger partial charge in [0.25, 0.3) is 5.91 Å². The monoisotopic (exact) mass is 302 g/mol. The molecule has 1 amide bonds. The maximum atomic E-state index is 12.7. The topological polar surface area (TPSA) is 33.2 Å². The Labute approximate surface area is 130 Å². The first-order valence-corrected chi connectivity index (χ1v) is 7.48. The number of rotatable bonds is 4. The number of aromatic nitrogens is 1. The smallest absolute Gasteiger partial charge is 0.258 e. The number of hydrogen-bond acceptors (Lipinski definition) is 2. The van der Waals surface area contributed by atoms with E-state index in [1.807, 2.05) is 51.1 Å². The van der Waals surface area contributed by atoms with Crippen molar-refractivity contribution in [3.05, 3.63) is 58.4 Å². The zero-order valence-corrected chi connectivity index (χ0v) is 13.3. The number of carbonyl (C=O) groups is 1. The number of hydrogen-bond donors (Lipinski definition) is 0. The molecule has 0 saturated heterocycles. The van der Waals surface area contributed by atoms with Crippen LogP contribution in [-0.4, -0.2) is 17.4 Å². The van der Waals surface area contributed by atoms with Gasteiger partial charge in [-0.3, -0.25) is 4.79 Å². The second-order valence-electron chi connectivity index (χ2n) is 4.91. The van der Waals surface area contributed by atoms with Crippen molar-refractivity contribution in [2.45, 2.75) is 27.2 Å². The van der Waals surface area contributed by atoms with Crippen molar-refractivity contribution in [1.82, 2.24) is 4.98 Å². The molecule has 0 aliphatic carbocycles. The van der Waals surface area contributed by atoms with Gasteiger partial charge in [-0.15, -0.1) is 0 Å². The molecule has 0 bridgehead atoms. The average molecular weight is 303 g/mol. The zero-order chi connectivity index (χ0) is 15.4. The number of halogens is 1. The summed E-state index contributed by atoms with van der Waals surface area (Å²) in [6.45, 7) is 6.57.